The second-order valence-electron chi connectivity index (χ2n) is 4.97. The van der Waals surface area contributed by atoms with Gasteiger partial charge in [-0.3, -0.25) is 0 Å². The van der Waals surface area contributed by atoms with Crippen LogP contribution in [0.2, 0.25) is 0 Å². The molecule has 1 aromatic heterocycles. The van der Waals surface area contributed by atoms with Crippen molar-refractivity contribution in [3.8, 4) is 11.6 Å². The summed E-state index contributed by atoms with van der Waals surface area (Å²) in [6, 6.07) is 8.17. The van der Waals surface area contributed by atoms with Gasteiger partial charge in [-0.15, -0.1) is 0 Å². The monoisotopic (exact) mass is 289 g/mol. The molecule has 5 nitrogen and oxygen atoms in total. The Morgan fingerprint density at radius 2 is 1.86 bits per heavy atom. The number of benzene rings is 1. The lowest BCUT2D eigenvalue weighted by Gasteiger charge is -2.07. The van der Waals surface area contributed by atoms with Crippen LogP contribution in [0.25, 0.3) is 0 Å². The highest BCUT2D eigenvalue weighted by atomic mass is 16.5. The third kappa shape index (κ3) is 3.76. The molecule has 0 saturated heterocycles. The van der Waals surface area contributed by atoms with Gasteiger partial charge in [0.25, 0.3) is 0 Å². The quantitative estimate of drug-likeness (QED) is 0.793. The largest absolute Gasteiger partial charge is 0.497 e. The van der Waals surface area contributed by atoms with E-state index in [9.17, 15) is 0 Å². The van der Waals surface area contributed by atoms with Crippen LogP contribution in [0.15, 0.2) is 24.3 Å². The van der Waals surface area contributed by atoms with Crippen LogP contribution in [0, 0.1) is 6.92 Å². The second kappa shape index (κ2) is 7.13. The van der Waals surface area contributed by atoms with Crippen LogP contribution in [0.3, 0.4) is 0 Å². The number of hydrogen-bond acceptors (Lipinski definition) is 4. The molecule has 21 heavy (non-hydrogen) atoms. The van der Waals surface area contributed by atoms with Crippen molar-refractivity contribution < 1.29 is 9.47 Å². The molecular formula is C16H23N3O2. The number of nitrogens with zero attached hydrogens (tertiary/aromatic N) is 2. The normalized spacial score (nSPS) is 10.7. The maximum absolute atomic E-state index is 5.38. The van der Waals surface area contributed by atoms with Crippen molar-refractivity contribution in [2.75, 3.05) is 20.8 Å². The minimum Gasteiger partial charge on any atom is -0.497 e. The Labute approximate surface area is 125 Å². The number of ether oxygens (including phenoxy) is 2. The highest BCUT2D eigenvalue weighted by molar-refractivity contribution is 5.31. The molecule has 1 N–H and O–H groups in total. The summed E-state index contributed by atoms with van der Waals surface area (Å²) in [5, 5.41) is 7.82. The van der Waals surface area contributed by atoms with Crippen molar-refractivity contribution in [2.24, 2.45) is 7.05 Å². The number of rotatable bonds is 7. The van der Waals surface area contributed by atoms with E-state index in [-0.39, 0.29) is 0 Å². The molecule has 2 aromatic rings. The Balaban J connectivity index is 1.84. The van der Waals surface area contributed by atoms with Crippen LogP contribution < -0.4 is 14.8 Å². The molecule has 0 amide bonds. The third-order valence-corrected chi connectivity index (χ3v) is 3.53. The minimum atomic E-state index is 0.763. The molecule has 0 aliphatic heterocycles. The van der Waals surface area contributed by atoms with E-state index >= 15 is 0 Å². The van der Waals surface area contributed by atoms with Gasteiger partial charge in [0, 0.05) is 13.6 Å². The standard InChI is InChI=1S/C16H23N3O2/c1-12-15(16(21-4)19(2)18-12)11-17-10-9-13-5-7-14(20-3)8-6-13/h5-8,17H,9-11H2,1-4H3. The summed E-state index contributed by atoms with van der Waals surface area (Å²) in [6.07, 6.45) is 0.978. The Hall–Kier alpha value is -2.01. The van der Waals surface area contributed by atoms with Gasteiger partial charge in [-0.25, -0.2) is 4.68 Å². The average Bonchev–Trinajstić information content (AvgIpc) is 2.77. The van der Waals surface area contributed by atoms with Crippen molar-refractivity contribution in [2.45, 2.75) is 19.9 Å². The van der Waals surface area contributed by atoms with E-state index in [1.54, 1.807) is 18.9 Å². The predicted octanol–water partition coefficient (Wildman–Crippen LogP) is 2.08. The third-order valence-electron chi connectivity index (χ3n) is 3.53. The van der Waals surface area contributed by atoms with Gasteiger partial charge in [-0.05, 0) is 37.6 Å². The van der Waals surface area contributed by atoms with Gasteiger partial charge >= 0.3 is 0 Å². The number of aromatic nitrogens is 2. The van der Waals surface area contributed by atoms with E-state index in [2.05, 4.69) is 22.5 Å². The Kier molecular flexibility index (Phi) is 5.22. The first-order valence-corrected chi connectivity index (χ1v) is 7.05. The first-order valence-electron chi connectivity index (χ1n) is 7.05. The zero-order chi connectivity index (χ0) is 15.2. The maximum atomic E-state index is 5.38. The summed E-state index contributed by atoms with van der Waals surface area (Å²) in [6.45, 7) is 3.67. The molecule has 1 aromatic carbocycles. The van der Waals surface area contributed by atoms with E-state index in [0.717, 1.165) is 42.4 Å². The molecule has 1 heterocycles. The predicted molar refractivity (Wildman–Crippen MR) is 82.9 cm³/mol. The van der Waals surface area contributed by atoms with Crippen LogP contribution in [-0.2, 0) is 20.0 Å². The molecule has 2 rings (SSSR count). The first-order chi connectivity index (χ1) is 10.2. The van der Waals surface area contributed by atoms with E-state index in [4.69, 9.17) is 9.47 Å². The highest BCUT2D eigenvalue weighted by Crippen LogP contribution is 2.20. The summed E-state index contributed by atoms with van der Waals surface area (Å²) >= 11 is 0. The Morgan fingerprint density at radius 3 is 2.48 bits per heavy atom. The summed E-state index contributed by atoms with van der Waals surface area (Å²) < 4.78 is 12.3. The lowest BCUT2D eigenvalue weighted by molar-refractivity contribution is 0.368. The van der Waals surface area contributed by atoms with E-state index in [0.29, 0.717) is 0 Å². The maximum Gasteiger partial charge on any atom is 0.216 e. The molecule has 0 aliphatic rings. The fourth-order valence-electron chi connectivity index (χ4n) is 2.38. The lowest BCUT2D eigenvalue weighted by Crippen LogP contribution is -2.17. The summed E-state index contributed by atoms with van der Waals surface area (Å²) in [4.78, 5) is 0. The van der Waals surface area contributed by atoms with Crippen LogP contribution in [0.1, 0.15) is 16.8 Å². The minimum absolute atomic E-state index is 0.763. The second-order valence-corrected chi connectivity index (χ2v) is 4.97. The number of hydrogen-bond donors (Lipinski definition) is 1. The van der Waals surface area contributed by atoms with Gasteiger partial charge < -0.3 is 14.8 Å². The van der Waals surface area contributed by atoms with Gasteiger partial charge in [0.15, 0.2) is 0 Å². The smallest absolute Gasteiger partial charge is 0.216 e. The SMILES string of the molecule is COc1ccc(CCNCc2c(C)nn(C)c2OC)cc1. The fourth-order valence-corrected chi connectivity index (χ4v) is 2.38. The van der Waals surface area contributed by atoms with Crippen molar-refractivity contribution >= 4 is 0 Å². The van der Waals surface area contributed by atoms with Gasteiger partial charge in [0.05, 0.1) is 25.5 Å². The Bertz CT molecular complexity index is 576. The van der Waals surface area contributed by atoms with E-state index in [1.165, 1.54) is 5.56 Å². The van der Waals surface area contributed by atoms with Crippen LogP contribution >= 0.6 is 0 Å². The van der Waals surface area contributed by atoms with Crippen molar-refractivity contribution in [1.82, 2.24) is 15.1 Å². The lowest BCUT2D eigenvalue weighted by atomic mass is 10.1. The molecular weight excluding hydrogens is 266 g/mol. The average molecular weight is 289 g/mol. The Morgan fingerprint density at radius 1 is 1.14 bits per heavy atom. The molecule has 0 saturated carbocycles. The molecule has 0 bridgehead atoms. The number of methoxy groups -OCH3 is 2. The molecule has 0 spiro atoms. The zero-order valence-electron chi connectivity index (χ0n) is 13.1. The number of nitrogens with one attached hydrogen (secondary N) is 1. The van der Waals surface area contributed by atoms with Crippen molar-refractivity contribution in [1.29, 1.82) is 0 Å². The number of aryl methyl sites for hydroxylation is 2. The molecule has 0 atom stereocenters. The topological polar surface area (TPSA) is 48.3 Å². The molecule has 0 unspecified atom stereocenters. The summed E-state index contributed by atoms with van der Waals surface area (Å²) in [5.74, 6) is 1.71. The molecule has 0 aliphatic carbocycles. The molecule has 5 heteroatoms. The molecule has 0 fully saturated rings. The van der Waals surface area contributed by atoms with Gasteiger partial charge in [0.2, 0.25) is 5.88 Å². The van der Waals surface area contributed by atoms with Crippen LogP contribution in [0.4, 0.5) is 0 Å². The van der Waals surface area contributed by atoms with Crippen molar-refractivity contribution in [3.63, 3.8) is 0 Å². The van der Waals surface area contributed by atoms with Crippen LogP contribution in [0.5, 0.6) is 11.6 Å². The summed E-state index contributed by atoms with van der Waals surface area (Å²) in [5.41, 5.74) is 3.42. The van der Waals surface area contributed by atoms with Crippen LogP contribution in [-0.4, -0.2) is 30.5 Å². The fraction of sp³-hybridized carbons (Fsp3) is 0.438. The van der Waals surface area contributed by atoms with Gasteiger partial charge in [-0.2, -0.15) is 5.10 Å². The molecule has 0 radical (unpaired) electrons. The zero-order valence-corrected chi connectivity index (χ0v) is 13.1. The van der Waals surface area contributed by atoms with Gasteiger partial charge in [-0.1, -0.05) is 12.1 Å². The van der Waals surface area contributed by atoms with E-state index in [1.807, 2.05) is 26.1 Å². The highest BCUT2D eigenvalue weighted by Gasteiger charge is 2.12. The van der Waals surface area contributed by atoms with E-state index < -0.39 is 0 Å². The first kappa shape index (κ1) is 15.4. The molecule has 114 valence electrons. The summed E-state index contributed by atoms with van der Waals surface area (Å²) in [7, 11) is 5.25. The van der Waals surface area contributed by atoms with Crippen molar-refractivity contribution in [3.05, 3.63) is 41.1 Å². The van der Waals surface area contributed by atoms with Gasteiger partial charge in [0.1, 0.15) is 5.75 Å².